The maximum Gasteiger partial charge on any atom is 0.189 e. The first-order valence-electron chi connectivity index (χ1n) is 7.17. The van der Waals surface area contributed by atoms with E-state index in [0.29, 0.717) is 12.4 Å². The highest BCUT2D eigenvalue weighted by molar-refractivity contribution is 7.95. The van der Waals surface area contributed by atoms with Gasteiger partial charge in [-0.3, -0.25) is 9.46 Å². The molecule has 8 heteroatoms. The molecule has 1 aromatic rings. The fourth-order valence-corrected chi connectivity index (χ4v) is 3.89. The van der Waals surface area contributed by atoms with Crippen molar-refractivity contribution >= 4 is 18.3 Å². The number of morpholine rings is 1. The smallest absolute Gasteiger partial charge is 0.189 e. The Morgan fingerprint density at radius 2 is 1.86 bits per heavy atom. The maximum absolute atomic E-state index is 11.7. The summed E-state index contributed by atoms with van der Waals surface area (Å²) in [7, 11) is -3.86. The van der Waals surface area contributed by atoms with E-state index >= 15 is 0 Å². The molecule has 1 aromatic carbocycles. The fraction of sp³-hybridized carbons (Fsp3) is 0.571. The molecule has 1 saturated heterocycles. The number of ether oxygens (including phenoxy) is 2. The molecule has 122 valence electrons. The van der Waals surface area contributed by atoms with Crippen molar-refractivity contribution in [1.29, 1.82) is 0 Å². The lowest BCUT2D eigenvalue weighted by atomic mass is 10.3. The van der Waals surface area contributed by atoms with Gasteiger partial charge in [-0.15, -0.1) is 0 Å². The third-order valence-corrected chi connectivity index (χ3v) is 6.17. The topological polar surface area (TPSA) is 72.9 Å². The van der Waals surface area contributed by atoms with Crippen molar-refractivity contribution in [3.8, 4) is 5.75 Å². The summed E-state index contributed by atoms with van der Waals surface area (Å²) in [5, 5.41) is 0. The van der Waals surface area contributed by atoms with Gasteiger partial charge in [0.05, 0.1) is 24.7 Å². The predicted octanol–water partition coefficient (Wildman–Crippen LogP) is 1.81. The largest absolute Gasteiger partial charge is 0.494 e. The van der Waals surface area contributed by atoms with Gasteiger partial charge in [0.2, 0.25) is 0 Å². The molecule has 1 fully saturated rings. The molecule has 0 bridgehead atoms. The van der Waals surface area contributed by atoms with Crippen molar-refractivity contribution in [2.75, 3.05) is 44.9 Å². The Bertz CT molecular complexity index is 569. The number of nitrogens with zero attached hydrogens (tertiary/aromatic N) is 1. The lowest BCUT2D eigenvalue weighted by Crippen LogP contribution is -2.37. The van der Waals surface area contributed by atoms with Crippen LogP contribution in [0, 0.1) is 0 Å². The Morgan fingerprint density at radius 1 is 1.18 bits per heavy atom. The molecule has 2 rings (SSSR count). The molecule has 0 N–H and O–H groups in total. The number of hydrogen-bond donors (Lipinski definition) is 0. The van der Waals surface area contributed by atoms with Gasteiger partial charge < -0.3 is 9.47 Å². The second-order valence-corrected chi connectivity index (χ2v) is 7.99. The molecule has 0 radical (unpaired) electrons. The van der Waals surface area contributed by atoms with E-state index < -0.39 is 23.8 Å². The van der Waals surface area contributed by atoms with Gasteiger partial charge in [0.25, 0.3) is 0 Å². The van der Waals surface area contributed by atoms with Crippen LogP contribution in [-0.2, 0) is 19.1 Å². The van der Waals surface area contributed by atoms with Crippen LogP contribution in [0.25, 0.3) is 0 Å². The van der Waals surface area contributed by atoms with Crippen LogP contribution in [-0.4, -0.2) is 58.3 Å². The van der Waals surface area contributed by atoms with Gasteiger partial charge in [-0.05, 0) is 30.7 Å². The van der Waals surface area contributed by atoms with Crippen molar-refractivity contribution in [2.24, 2.45) is 0 Å². The average Bonchev–Trinajstić information content (AvgIpc) is 2.53. The van der Waals surface area contributed by atoms with Crippen LogP contribution in [0.2, 0.25) is 0 Å². The first kappa shape index (κ1) is 17.3. The van der Waals surface area contributed by atoms with Gasteiger partial charge in [-0.1, -0.05) is 0 Å². The van der Waals surface area contributed by atoms with Gasteiger partial charge in [0.15, 0.2) is 18.3 Å². The molecule has 1 aliphatic rings. The average molecular weight is 345 g/mol. The van der Waals surface area contributed by atoms with Crippen LogP contribution < -0.4 is 4.74 Å². The maximum atomic E-state index is 11.7. The number of sulfone groups is 1. The summed E-state index contributed by atoms with van der Waals surface area (Å²) in [5.41, 5.74) is -0.396. The Labute approximate surface area is 132 Å². The number of rotatable bonds is 8. The van der Waals surface area contributed by atoms with Crippen molar-refractivity contribution in [1.82, 2.24) is 4.90 Å². The van der Waals surface area contributed by atoms with Crippen LogP contribution in [0.4, 0.5) is 0 Å². The molecule has 22 heavy (non-hydrogen) atoms. The second kappa shape index (κ2) is 8.58. The molecule has 0 spiro atoms. The van der Waals surface area contributed by atoms with E-state index in [1.54, 1.807) is 12.1 Å². The normalized spacial score (nSPS) is 16.7. The van der Waals surface area contributed by atoms with Crippen molar-refractivity contribution in [2.45, 2.75) is 11.3 Å². The van der Waals surface area contributed by atoms with E-state index in [4.69, 9.17) is 9.47 Å². The summed E-state index contributed by atoms with van der Waals surface area (Å²) < 4.78 is 44.8. The van der Waals surface area contributed by atoms with Gasteiger partial charge in [0, 0.05) is 19.6 Å². The van der Waals surface area contributed by atoms with Crippen LogP contribution >= 0.6 is 8.46 Å². The van der Waals surface area contributed by atoms with Crippen molar-refractivity contribution < 1.29 is 22.5 Å². The monoisotopic (exact) mass is 345 g/mol. The highest BCUT2D eigenvalue weighted by Gasteiger charge is 2.14. The van der Waals surface area contributed by atoms with E-state index in [1.165, 1.54) is 12.1 Å². The Balaban J connectivity index is 1.75. The highest BCUT2D eigenvalue weighted by Crippen LogP contribution is 2.19. The zero-order valence-electron chi connectivity index (χ0n) is 12.3. The van der Waals surface area contributed by atoms with Crippen molar-refractivity contribution in [3.05, 3.63) is 24.3 Å². The molecule has 0 amide bonds. The van der Waals surface area contributed by atoms with E-state index in [-0.39, 0.29) is 4.90 Å². The summed E-state index contributed by atoms with van der Waals surface area (Å²) in [4.78, 5) is 2.50. The minimum atomic E-state index is -3.47. The van der Waals surface area contributed by atoms with Gasteiger partial charge in [-0.2, -0.15) is 0 Å². The van der Waals surface area contributed by atoms with Crippen LogP contribution in [0.15, 0.2) is 29.2 Å². The minimum Gasteiger partial charge on any atom is -0.494 e. The Morgan fingerprint density at radius 3 is 2.50 bits per heavy atom. The lowest BCUT2D eigenvalue weighted by Gasteiger charge is -2.26. The Hall–Kier alpha value is -1.01. The van der Waals surface area contributed by atoms with Gasteiger partial charge >= 0.3 is 0 Å². The van der Waals surface area contributed by atoms with Crippen LogP contribution in [0.1, 0.15) is 6.42 Å². The molecular formula is C14H20NO5PS. The molecule has 0 aliphatic carbocycles. The van der Waals surface area contributed by atoms with Crippen LogP contribution in [0.5, 0.6) is 5.75 Å². The third-order valence-electron chi connectivity index (χ3n) is 3.40. The summed E-state index contributed by atoms with van der Waals surface area (Å²) in [6.07, 6.45) is 0.912. The quantitative estimate of drug-likeness (QED) is 0.528. The van der Waals surface area contributed by atoms with Gasteiger partial charge in [-0.25, -0.2) is 8.42 Å². The number of hydrogen-bond acceptors (Lipinski definition) is 6. The molecule has 0 unspecified atom stereocenters. The molecule has 1 heterocycles. The summed E-state index contributed by atoms with van der Waals surface area (Å²) in [6.45, 7) is 5.07. The van der Waals surface area contributed by atoms with Crippen LogP contribution in [0.3, 0.4) is 0 Å². The summed E-state index contributed by atoms with van der Waals surface area (Å²) in [5.74, 6) is 0.639. The third kappa shape index (κ3) is 5.32. The zero-order valence-corrected chi connectivity index (χ0v) is 14.0. The molecular weight excluding hydrogens is 325 g/mol. The summed E-state index contributed by atoms with van der Waals surface area (Å²) in [6, 6.07) is 6.22. The zero-order chi connectivity index (χ0) is 15.8. The molecule has 6 nitrogen and oxygen atoms in total. The Kier molecular flexibility index (Phi) is 6.76. The van der Waals surface area contributed by atoms with E-state index in [2.05, 4.69) is 4.90 Å². The van der Waals surface area contributed by atoms with E-state index in [0.717, 1.165) is 39.3 Å². The van der Waals surface area contributed by atoms with E-state index in [9.17, 15) is 13.0 Å². The van der Waals surface area contributed by atoms with E-state index in [1.807, 2.05) is 0 Å². The first-order chi connectivity index (χ1) is 10.6. The molecule has 0 saturated carbocycles. The SMILES string of the molecule is O=PCS(=O)(=O)c1ccc(OCCCN2CCOCC2)cc1. The standard InChI is InChI=1S/C14H20NO5PS/c16-21-12-22(17,18)14-4-2-13(3-5-14)20-9-1-6-15-7-10-19-11-8-15/h2-5H,1,6-12H2. The molecule has 0 atom stereocenters. The molecule has 1 aliphatic heterocycles. The number of benzene rings is 1. The predicted molar refractivity (Wildman–Crippen MR) is 83.5 cm³/mol. The fourth-order valence-electron chi connectivity index (χ4n) is 2.19. The minimum absolute atomic E-state index is 0.163. The summed E-state index contributed by atoms with van der Waals surface area (Å²) >= 11 is 0. The van der Waals surface area contributed by atoms with Crippen molar-refractivity contribution in [3.63, 3.8) is 0 Å². The molecule has 0 aromatic heterocycles. The first-order valence-corrected chi connectivity index (χ1v) is 9.82. The van der Waals surface area contributed by atoms with Gasteiger partial charge in [0.1, 0.15) is 11.2 Å². The second-order valence-electron chi connectivity index (χ2n) is 5.00. The lowest BCUT2D eigenvalue weighted by molar-refractivity contribution is 0.0358. The highest BCUT2D eigenvalue weighted by atomic mass is 32.2.